The number of hydrogen-bond donors (Lipinski definition) is 4. The number of aromatic hydroxyl groups is 1. The van der Waals surface area contributed by atoms with E-state index >= 15 is 0 Å². The van der Waals surface area contributed by atoms with Crippen LogP contribution in [0.1, 0.15) is 25.1 Å². The van der Waals surface area contributed by atoms with Crippen molar-refractivity contribution >= 4 is 17.2 Å². The van der Waals surface area contributed by atoms with E-state index in [-0.39, 0.29) is 5.75 Å². The molecule has 1 atom stereocenters. The van der Waals surface area contributed by atoms with E-state index in [1.807, 2.05) is 25.3 Å². The lowest BCUT2D eigenvalue weighted by atomic mass is 10.0. The summed E-state index contributed by atoms with van der Waals surface area (Å²) in [6, 6.07) is 3.33. The van der Waals surface area contributed by atoms with Gasteiger partial charge in [0, 0.05) is 22.7 Å². The van der Waals surface area contributed by atoms with Crippen molar-refractivity contribution in [3.05, 3.63) is 35.0 Å². The van der Waals surface area contributed by atoms with Gasteiger partial charge in [-0.3, -0.25) is 15.3 Å². The minimum Gasteiger partial charge on any atom is -0.507 e. The van der Waals surface area contributed by atoms with E-state index in [9.17, 15) is 9.90 Å². The van der Waals surface area contributed by atoms with Crippen LogP contribution in [0.5, 0.6) is 11.5 Å². The van der Waals surface area contributed by atoms with Gasteiger partial charge in [0.2, 0.25) is 0 Å². The number of nitrogens with two attached hydrogens (primary N) is 1. The summed E-state index contributed by atoms with van der Waals surface area (Å²) in [6.07, 6.45) is 1.56. The monoisotopic (exact) mass is 387 g/mol. The number of phenolic OH excluding ortho intramolecular Hbond substituents is 1. The first kappa shape index (κ1) is 18.9. The van der Waals surface area contributed by atoms with Crippen LogP contribution >= 0.6 is 11.3 Å². The van der Waals surface area contributed by atoms with E-state index in [1.54, 1.807) is 13.1 Å². The van der Waals surface area contributed by atoms with Crippen LogP contribution < -0.4 is 16.0 Å². The van der Waals surface area contributed by atoms with Crippen molar-refractivity contribution in [2.75, 3.05) is 0 Å². The molecular formula is C18H21N5O3S. The zero-order valence-electron chi connectivity index (χ0n) is 15.2. The van der Waals surface area contributed by atoms with Gasteiger partial charge in [0.15, 0.2) is 6.10 Å². The number of hydrogen-bond acceptors (Lipinski definition) is 7. The minimum absolute atomic E-state index is 0.0151. The average Bonchev–Trinajstić information content (AvgIpc) is 3.29. The van der Waals surface area contributed by atoms with Crippen molar-refractivity contribution < 1.29 is 14.6 Å². The van der Waals surface area contributed by atoms with Gasteiger partial charge in [0.1, 0.15) is 16.5 Å². The number of amides is 1. The fraction of sp³-hybridized carbons (Fsp3) is 0.278. The van der Waals surface area contributed by atoms with Gasteiger partial charge >= 0.3 is 0 Å². The molecule has 0 saturated carbocycles. The van der Waals surface area contributed by atoms with E-state index < -0.39 is 12.0 Å². The van der Waals surface area contributed by atoms with E-state index in [1.165, 1.54) is 17.4 Å². The predicted octanol–water partition coefficient (Wildman–Crippen LogP) is 2.53. The van der Waals surface area contributed by atoms with Gasteiger partial charge < -0.3 is 9.84 Å². The summed E-state index contributed by atoms with van der Waals surface area (Å²) < 4.78 is 5.67. The molecule has 0 spiro atoms. The molecule has 2 aromatic heterocycles. The molecule has 1 amide bonds. The van der Waals surface area contributed by atoms with Gasteiger partial charge in [0.05, 0.1) is 17.5 Å². The smallest absolute Gasteiger partial charge is 0.274 e. The highest BCUT2D eigenvalue weighted by atomic mass is 32.1. The molecule has 3 aromatic rings. The van der Waals surface area contributed by atoms with Gasteiger partial charge in [-0.2, -0.15) is 5.10 Å². The molecule has 3 rings (SSSR count). The van der Waals surface area contributed by atoms with Crippen LogP contribution in [0.3, 0.4) is 0 Å². The molecule has 1 aromatic carbocycles. The van der Waals surface area contributed by atoms with E-state index in [0.717, 1.165) is 21.8 Å². The first-order chi connectivity index (χ1) is 12.9. The number of carbonyl (C=O) groups is 1. The highest BCUT2D eigenvalue weighted by molar-refractivity contribution is 7.13. The third-order valence-electron chi connectivity index (χ3n) is 4.13. The van der Waals surface area contributed by atoms with Gasteiger partial charge in [-0.25, -0.2) is 10.8 Å². The molecule has 9 heteroatoms. The predicted molar refractivity (Wildman–Crippen MR) is 103 cm³/mol. The molecule has 2 heterocycles. The van der Waals surface area contributed by atoms with E-state index in [2.05, 4.69) is 20.6 Å². The zero-order chi connectivity index (χ0) is 19.6. The quantitative estimate of drug-likeness (QED) is 0.292. The number of ether oxygens (including phenoxy) is 1. The SMILES string of the molecule is CCc1cc(-c2[nH]ncc2-c2nc(C)cs2)c(O)cc1O[C@H](C)C(=O)NN. The van der Waals surface area contributed by atoms with Gasteiger partial charge in [-0.1, -0.05) is 6.92 Å². The summed E-state index contributed by atoms with van der Waals surface area (Å²) in [6.45, 7) is 5.48. The van der Waals surface area contributed by atoms with Crippen molar-refractivity contribution in [2.45, 2.75) is 33.3 Å². The number of thiazole rings is 1. The Morgan fingerprint density at radius 1 is 1.44 bits per heavy atom. The number of benzene rings is 1. The lowest BCUT2D eigenvalue weighted by Gasteiger charge is -2.17. The molecule has 0 bridgehead atoms. The maximum absolute atomic E-state index is 11.6. The number of nitrogens with one attached hydrogen (secondary N) is 2. The minimum atomic E-state index is -0.786. The molecule has 0 fully saturated rings. The number of rotatable bonds is 6. The van der Waals surface area contributed by atoms with Crippen LogP contribution in [0.2, 0.25) is 0 Å². The third kappa shape index (κ3) is 3.79. The number of phenols is 1. The maximum Gasteiger partial charge on any atom is 0.274 e. The molecule has 5 N–H and O–H groups in total. The van der Waals surface area contributed by atoms with Crippen LogP contribution in [0.15, 0.2) is 23.7 Å². The van der Waals surface area contributed by atoms with Crippen molar-refractivity contribution in [2.24, 2.45) is 5.84 Å². The first-order valence-electron chi connectivity index (χ1n) is 8.43. The molecule has 0 saturated heterocycles. The topological polar surface area (TPSA) is 126 Å². The molecule has 0 aliphatic carbocycles. The number of aromatic nitrogens is 3. The Morgan fingerprint density at radius 3 is 2.85 bits per heavy atom. The summed E-state index contributed by atoms with van der Waals surface area (Å²) in [5.74, 6) is 5.14. The lowest BCUT2D eigenvalue weighted by Crippen LogP contribution is -2.40. The number of aromatic amines is 1. The fourth-order valence-corrected chi connectivity index (χ4v) is 3.51. The van der Waals surface area contributed by atoms with Crippen LogP contribution in [-0.4, -0.2) is 32.3 Å². The second-order valence-electron chi connectivity index (χ2n) is 6.05. The number of aryl methyl sites for hydroxylation is 2. The fourth-order valence-electron chi connectivity index (χ4n) is 2.69. The number of nitrogens with zero attached hydrogens (tertiary/aromatic N) is 2. The van der Waals surface area contributed by atoms with Crippen molar-refractivity contribution in [1.29, 1.82) is 0 Å². The molecule has 0 aliphatic heterocycles. The van der Waals surface area contributed by atoms with Crippen molar-refractivity contribution in [1.82, 2.24) is 20.6 Å². The van der Waals surface area contributed by atoms with Crippen molar-refractivity contribution in [3.8, 4) is 33.3 Å². The van der Waals surface area contributed by atoms with Crippen LogP contribution in [0.4, 0.5) is 0 Å². The Balaban J connectivity index is 2.01. The normalized spacial score (nSPS) is 12.0. The molecule has 0 radical (unpaired) electrons. The Kier molecular flexibility index (Phi) is 5.43. The standard InChI is InChI=1S/C18H21N5O3S/c1-4-11-5-12(14(24)6-15(11)26-10(3)17(25)22-19)16-13(7-20-23-16)18-21-9(2)8-27-18/h5-8,10,24H,4,19H2,1-3H3,(H,20,23)(H,22,25)/t10-/m1/s1. The number of carbonyl (C=O) groups excluding carboxylic acids is 1. The van der Waals surface area contributed by atoms with Gasteiger partial charge in [-0.05, 0) is 31.9 Å². The Morgan fingerprint density at radius 2 is 2.22 bits per heavy atom. The first-order valence-corrected chi connectivity index (χ1v) is 9.31. The van der Waals surface area contributed by atoms with Crippen LogP contribution in [-0.2, 0) is 11.2 Å². The molecule has 142 valence electrons. The third-order valence-corrected chi connectivity index (χ3v) is 5.13. The average molecular weight is 387 g/mol. The van der Waals surface area contributed by atoms with Gasteiger partial charge in [0.25, 0.3) is 5.91 Å². The zero-order valence-corrected chi connectivity index (χ0v) is 16.1. The highest BCUT2D eigenvalue weighted by Gasteiger charge is 2.20. The summed E-state index contributed by atoms with van der Waals surface area (Å²) in [5.41, 5.74) is 5.91. The molecule has 0 unspecified atom stereocenters. The molecule has 8 nitrogen and oxygen atoms in total. The molecule has 27 heavy (non-hydrogen) atoms. The summed E-state index contributed by atoms with van der Waals surface area (Å²) in [5, 5.41) is 20.4. The largest absolute Gasteiger partial charge is 0.507 e. The van der Waals surface area contributed by atoms with Crippen LogP contribution in [0, 0.1) is 6.92 Å². The molecular weight excluding hydrogens is 366 g/mol. The Hall–Kier alpha value is -2.91. The Bertz CT molecular complexity index is 966. The van der Waals surface area contributed by atoms with Crippen molar-refractivity contribution in [3.63, 3.8) is 0 Å². The Labute approximate surface area is 160 Å². The van der Waals surface area contributed by atoms with Gasteiger partial charge in [-0.15, -0.1) is 11.3 Å². The van der Waals surface area contributed by atoms with E-state index in [0.29, 0.717) is 23.4 Å². The highest BCUT2D eigenvalue weighted by Crippen LogP contribution is 2.40. The van der Waals surface area contributed by atoms with E-state index in [4.69, 9.17) is 10.6 Å². The number of H-pyrrole nitrogens is 1. The maximum atomic E-state index is 11.6. The summed E-state index contributed by atoms with van der Waals surface area (Å²) in [4.78, 5) is 16.1. The summed E-state index contributed by atoms with van der Waals surface area (Å²) >= 11 is 1.52. The lowest BCUT2D eigenvalue weighted by molar-refractivity contribution is -0.127. The second kappa shape index (κ2) is 7.77. The number of hydrazine groups is 1. The summed E-state index contributed by atoms with van der Waals surface area (Å²) in [7, 11) is 0. The molecule has 0 aliphatic rings. The second-order valence-corrected chi connectivity index (χ2v) is 6.91. The van der Waals surface area contributed by atoms with Crippen LogP contribution in [0.25, 0.3) is 21.8 Å².